The van der Waals surface area contributed by atoms with Crippen molar-refractivity contribution in [1.82, 2.24) is 0 Å². The van der Waals surface area contributed by atoms with Crippen LogP contribution in [0.4, 0.5) is 0 Å². The van der Waals surface area contributed by atoms with Gasteiger partial charge in [-0.05, 0) is 25.7 Å². The summed E-state index contributed by atoms with van der Waals surface area (Å²) < 4.78 is 54.7. The average Bonchev–Trinajstić information content (AvgIpc) is 3.79. The fraction of sp³-hybridized carbons (Fsp3) is 1.00. The summed E-state index contributed by atoms with van der Waals surface area (Å²) in [7, 11) is 3.21. The SMILES string of the molecule is CCCC[Si](OC)(OC)OCCCCO[Si](CCCOCC1CO1)(OC)OC.COCC1CO1. The van der Waals surface area contributed by atoms with Crippen LogP contribution in [0.3, 0.4) is 0 Å². The summed E-state index contributed by atoms with van der Waals surface area (Å²) in [5.41, 5.74) is 0. The molecule has 2 aliphatic rings. The van der Waals surface area contributed by atoms with Crippen LogP contribution in [0.25, 0.3) is 0 Å². The molecule has 0 aromatic carbocycles. The van der Waals surface area contributed by atoms with Gasteiger partial charge in [0.2, 0.25) is 0 Å². The van der Waals surface area contributed by atoms with Crippen LogP contribution < -0.4 is 0 Å². The molecule has 2 atom stereocenters. The lowest BCUT2D eigenvalue weighted by Gasteiger charge is -2.27. The van der Waals surface area contributed by atoms with Crippen LogP contribution in [-0.2, 0) is 45.5 Å². The summed E-state index contributed by atoms with van der Waals surface area (Å²) in [5, 5.41) is 0. The van der Waals surface area contributed by atoms with Gasteiger partial charge in [-0.15, -0.1) is 0 Å². The molecule has 204 valence electrons. The highest BCUT2D eigenvalue weighted by Crippen LogP contribution is 2.19. The number of unbranched alkanes of at least 4 members (excludes halogenated alkanes) is 2. The summed E-state index contributed by atoms with van der Waals surface area (Å²) in [6.45, 7) is 7.15. The Morgan fingerprint density at radius 1 is 0.647 bits per heavy atom. The van der Waals surface area contributed by atoms with Gasteiger partial charge in [0, 0.05) is 67.5 Å². The molecule has 0 spiro atoms. The second-order valence-electron chi connectivity index (χ2n) is 8.23. The predicted molar refractivity (Wildman–Crippen MR) is 132 cm³/mol. The standard InChI is InChI=1S/C18H40O8Si2.C4H8O2/c1-6-7-14-27(19-2,20-3)25-12-8-9-13-26-28(21-4,22-5)15-10-11-23-16-18-17-24-18;1-5-2-4-3-6-4/h18H,6-17H2,1-5H3;4H,2-3H2,1H3. The first-order valence-electron chi connectivity index (χ1n) is 12.3. The molecule has 2 fully saturated rings. The zero-order chi connectivity index (χ0) is 25.1. The fourth-order valence-corrected chi connectivity index (χ4v) is 7.31. The molecule has 0 N–H and O–H groups in total. The van der Waals surface area contributed by atoms with Gasteiger partial charge in [-0.1, -0.05) is 13.3 Å². The monoisotopic (exact) mass is 528 g/mol. The van der Waals surface area contributed by atoms with Crippen molar-refractivity contribution in [2.24, 2.45) is 0 Å². The molecular weight excluding hydrogens is 480 g/mol. The van der Waals surface area contributed by atoms with Crippen molar-refractivity contribution in [1.29, 1.82) is 0 Å². The Morgan fingerprint density at radius 2 is 1.12 bits per heavy atom. The zero-order valence-corrected chi connectivity index (χ0v) is 24.1. The van der Waals surface area contributed by atoms with Gasteiger partial charge in [-0.3, -0.25) is 0 Å². The van der Waals surface area contributed by atoms with Crippen molar-refractivity contribution in [3.63, 3.8) is 0 Å². The lowest BCUT2D eigenvalue weighted by molar-refractivity contribution is 0.0774. The van der Waals surface area contributed by atoms with E-state index < -0.39 is 17.6 Å². The quantitative estimate of drug-likeness (QED) is 0.118. The minimum atomic E-state index is -2.63. The van der Waals surface area contributed by atoms with Crippen molar-refractivity contribution in [2.45, 2.75) is 63.3 Å². The van der Waals surface area contributed by atoms with E-state index in [1.807, 2.05) is 0 Å². The first-order valence-corrected chi connectivity index (χ1v) is 16.2. The number of ether oxygens (including phenoxy) is 4. The molecule has 2 rings (SSSR count). The van der Waals surface area contributed by atoms with Gasteiger partial charge in [0.15, 0.2) is 0 Å². The maximum Gasteiger partial charge on any atom is 0.500 e. The Hall–Kier alpha value is 0.0338. The summed E-state index contributed by atoms with van der Waals surface area (Å²) in [6, 6.07) is 1.59. The third-order valence-corrected chi connectivity index (χ3v) is 11.2. The van der Waals surface area contributed by atoms with E-state index in [1.165, 1.54) is 0 Å². The summed E-state index contributed by atoms with van der Waals surface area (Å²) in [5.74, 6) is 0. The Balaban J connectivity index is 0.000000830. The molecule has 2 aliphatic heterocycles. The molecule has 0 aromatic rings. The Kier molecular flexibility index (Phi) is 18.1. The molecule has 0 aliphatic carbocycles. The van der Waals surface area contributed by atoms with E-state index >= 15 is 0 Å². The molecule has 0 amide bonds. The smallest absolute Gasteiger partial charge is 0.382 e. The highest BCUT2D eigenvalue weighted by atomic mass is 28.4. The van der Waals surface area contributed by atoms with Crippen molar-refractivity contribution in [3.8, 4) is 0 Å². The second-order valence-corrected chi connectivity index (χ2v) is 14.2. The number of rotatable bonds is 22. The minimum absolute atomic E-state index is 0.297. The normalized spacial score (nSPS) is 19.6. The van der Waals surface area contributed by atoms with E-state index in [4.69, 9.17) is 45.5 Å². The van der Waals surface area contributed by atoms with E-state index in [2.05, 4.69) is 6.92 Å². The van der Waals surface area contributed by atoms with Crippen molar-refractivity contribution in [2.75, 3.05) is 81.8 Å². The van der Waals surface area contributed by atoms with Gasteiger partial charge in [-0.25, -0.2) is 0 Å². The van der Waals surface area contributed by atoms with E-state index in [0.29, 0.717) is 38.6 Å². The maximum absolute atomic E-state index is 6.03. The molecule has 34 heavy (non-hydrogen) atoms. The molecule has 10 nitrogen and oxygen atoms in total. The van der Waals surface area contributed by atoms with E-state index in [0.717, 1.165) is 64.0 Å². The van der Waals surface area contributed by atoms with E-state index in [1.54, 1.807) is 35.5 Å². The van der Waals surface area contributed by atoms with Crippen LogP contribution in [0.1, 0.15) is 39.0 Å². The first kappa shape index (κ1) is 32.1. The van der Waals surface area contributed by atoms with Crippen molar-refractivity contribution < 1.29 is 45.5 Å². The maximum atomic E-state index is 6.03. The van der Waals surface area contributed by atoms with Gasteiger partial charge in [0.25, 0.3) is 0 Å². The minimum Gasteiger partial charge on any atom is -0.382 e. The van der Waals surface area contributed by atoms with Crippen molar-refractivity contribution in [3.05, 3.63) is 0 Å². The molecule has 0 radical (unpaired) electrons. The van der Waals surface area contributed by atoms with Gasteiger partial charge in [0.05, 0.1) is 26.4 Å². The van der Waals surface area contributed by atoms with E-state index in [-0.39, 0.29) is 0 Å². The molecule has 2 heterocycles. The molecule has 0 aromatic heterocycles. The van der Waals surface area contributed by atoms with Crippen LogP contribution in [0.15, 0.2) is 0 Å². The molecular formula is C22H48O10Si2. The van der Waals surface area contributed by atoms with Crippen LogP contribution in [-0.4, -0.2) is 112 Å². The summed E-state index contributed by atoms with van der Waals surface area (Å²) in [6.07, 6.45) is 5.44. The average molecular weight is 529 g/mol. The lowest BCUT2D eigenvalue weighted by Crippen LogP contribution is -2.44. The fourth-order valence-electron chi connectivity index (χ4n) is 3.13. The Morgan fingerprint density at radius 3 is 1.50 bits per heavy atom. The van der Waals surface area contributed by atoms with E-state index in [9.17, 15) is 0 Å². The third-order valence-electron chi connectivity index (χ3n) is 5.50. The summed E-state index contributed by atoms with van der Waals surface area (Å²) in [4.78, 5) is 0. The number of hydrogen-bond donors (Lipinski definition) is 0. The Labute approximate surface area is 208 Å². The summed E-state index contributed by atoms with van der Waals surface area (Å²) >= 11 is 0. The van der Waals surface area contributed by atoms with Gasteiger partial charge >= 0.3 is 17.6 Å². The number of hydrogen-bond acceptors (Lipinski definition) is 10. The molecule has 2 unspecified atom stereocenters. The third kappa shape index (κ3) is 14.6. The van der Waals surface area contributed by atoms with Gasteiger partial charge in [0.1, 0.15) is 12.2 Å². The van der Waals surface area contributed by atoms with Crippen LogP contribution in [0.2, 0.25) is 12.1 Å². The van der Waals surface area contributed by atoms with Crippen LogP contribution in [0.5, 0.6) is 0 Å². The van der Waals surface area contributed by atoms with Crippen LogP contribution >= 0.6 is 0 Å². The number of epoxide rings is 2. The molecule has 0 saturated carbocycles. The molecule has 0 bridgehead atoms. The Bertz CT molecular complexity index is 473. The molecule has 12 heteroatoms. The second kappa shape index (κ2) is 19.2. The highest BCUT2D eigenvalue weighted by Gasteiger charge is 2.39. The molecule has 2 saturated heterocycles. The largest absolute Gasteiger partial charge is 0.500 e. The van der Waals surface area contributed by atoms with Gasteiger partial charge in [-0.2, -0.15) is 0 Å². The number of methoxy groups -OCH3 is 1. The lowest BCUT2D eigenvalue weighted by atomic mass is 10.3. The predicted octanol–water partition coefficient (Wildman–Crippen LogP) is 2.90. The van der Waals surface area contributed by atoms with Crippen LogP contribution in [0, 0.1) is 0 Å². The van der Waals surface area contributed by atoms with Gasteiger partial charge < -0.3 is 45.5 Å². The topological polar surface area (TPSA) is 98.9 Å². The first-order chi connectivity index (χ1) is 16.5. The van der Waals surface area contributed by atoms with Crippen molar-refractivity contribution >= 4 is 17.6 Å². The highest BCUT2D eigenvalue weighted by molar-refractivity contribution is 6.61. The zero-order valence-electron chi connectivity index (χ0n) is 22.1.